The van der Waals surface area contributed by atoms with E-state index in [2.05, 4.69) is 48.3 Å². The van der Waals surface area contributed by atoms with Crippen molar-refractivity contribution in [3.05, 3.63) is 59.2 Å². The van der Waals surface area contributed by atoms with Crippen LogP contribution in [0.4, 0.5) is 0 Å². The van der Waals surface area contributed by atoms with E-state index in [0.717, 1.165) is 24.6 Å². The topological polar surface area (TPSA) is 57.1 Å². The maximum absolute atomic E-state index is 10.2. The summed E-state index contributed by atoms with van der Waals surface area (Å²) in [6, 6.07) is 13.9. The molecule has 2 rings (SSSR count). The Labute approximate surface area is 156 Å². The molecule has 0 atom stereocenters. The van der Waals surface area contributed by atoms with Gasteiger partial charge in [-0.05, 0) is 43.0 Å². The predicted octanol–water partition coefficient (Wildman–Crippen LogP) is 3.35. The SMILES string of the molecule is CCNC(=NCCc1cccc(OC)c1O)N(C)Cc1ccccc1C. The molecule has 2 N–H and O–H groups in total. The molecule has 2 aromatic rings. The fourth-order valence-electron chi connectivity index (χ4n) is 2.80. The molecule has 0 heterocycles. The van der Waals surface area contributed by atoms with Crippen molar-refractivity contribution in [3.8, 4) is 11.5 Å². The number of guanidine groups is 1. The van der Waals surface area contributed by atoms with Crippen LogP contribution in [0.25, 0.3) is 0 Å². The first kappa shape index (κ1) is 19.6. The summed E-state index contributed by atoms with van der Waals surface area (Å²) in [6.07, 6.45) is 0.649. The number of methoxy groups -OCH3 is 1. The number of hydrogen-bond donors (Lipinski definition) is 2. The Balaban J connectivity index is 2.05. The van der Waals surface area contributed by atoms with Crippen molar-refractivity contribution < 1.29 is 9.84 Å². The molecule has 5 nitrogen and oxygen atoms in total. The van der Waals surface area contributed by atoms with E-state index in [-0.39, 0.29) is 5.75 Å². The molecule has 140 valence electrons. The third kappa shape index (κ3) is 5.15. The maximum atomic E-state index is 10.2. The number of nitrogens with zero attached hydrogens (tertiary/aromatic N) is 2. The molecule has 0 unspecified atom stereocenters. The summed E-state index contributed by atoms with van der Waals surface area (Å²) in [5.41, 5.74) is 3.40. The Morgan fingerprint density at radius 1 is 1.15 bits per heavy atom. The second kappa shape index (κ2) is 9.70. The van der Waals surface area contributed by atoms with Crippen LogP contribution in [0.5, 0.6) is 11.5 Å². The van der Waals surface area contributed by atoms with Crippen molar-refractivity contribution in [3.63, 3.8) is 0 Å². The van der Waals surface area contributed by atoms with E-state index >= 15 is 0 Å². The van der Waals surface area contributed by atoms with Crippen LogP contribution in [-0.4, -0.2) is 43.2 Å². The summed E-state index contributed by atoms with van der Waals surface area (Å²) in [5, 5.41) is 13.5. The zero-order valence-electron chi connectivity index (χ0n) is 16.1. The number of aliphatic imine (C=N–C) groups is 1. The van der Waals surface area contributed by atoms with E-state index in [1.165, 1.54) is 11.1 Å². The average Bonchev–Trinajstić information content (AvgIpc) is 2.64. The lowest BCUT2D eigenvalue weighted by atomic mass is 10.1. The first-order valence-electron chi connectivity index (χ1n) is 8.95. The molecule has 0 aliphatic rings. The van der Waals surface area contributed by atoms with E-state index in [1.807, 2.05) is 19.2 Å². The summed E-state index contributed by atoms with van der Waals surface area (Å²) in [4.78, 5) is 6.83. The molecule has 0 aliphatic heterocycles. The summed E-state index contributed by atoms with van der Waals surface area (Å²) in [6.45, 7) is 6.37. The molecule has 0 aromatic heterocycles. The van der Waals surface area contributed by atoms with Gasteiger partial charge in [-0.25, -0.2) is 0 Å². The number of aryl methyl sites for hydroxylation is 1. The van der Waals surface area contributed by atoms with Gasteiger partial charge in [-0.2, -0.15) is 0 Å². The van der Waals surface area contributed by atoms with Crippen LogP contribution in [0.3, 0.4) is 0 Å². The lowest BCUT2D eigenvalue weighted by molar-refractivity contribution is 0.370. The van der Waals surface area contributed by atoms with Crippen LogP contribution in [0.2, 0.25) is 0 Å². The van der Waals surface area contributed by atoms with Crippen molar-refractivity contribution in [2.24, 2.45) is 4.99 Å². The van der Waals surface area contributed by atoms with Crippen LogP contribution >= 0.6 is 0 Å². The number of phenols is 1. The summed E-state index contributed by atoms with van der Waals surface area (Å²) < 4.78 is 5.16. The Bertz CT molecular complexity index is 744. The van der Waals surface area contributed by atoms with Gasteiger partial charge < -0.3 is 20.1 Å². The second-order valence-electron chi connectivity index (χ2n) is 6.24. The first-order valence-corrected chi connectivity index (χ1v) is 8.95. The normalized spacial score (nSPS) is 11.3. The van der Waals surface area contributed by atoms with E-state index in [9.17, 15) is 5.11 Å². The Morgan fingerprint density at radius 2 is 1.88 bits per heavy atom. The highest BCUT2D eigenvalue weighted by Crippen LogP contribution is 2.29. The second-order valence-corrected chi connectivity index (χ2v) is 6.24. The van der Waals surface area contributed by atoms with Gasteiger partial charge in [0.1, 0.15) is 0 Å². The van der Waals surface area contributed by atoms with Crippen molar-refractivity contribution in [1.82, 2.24) is 10.2 Å². The number of para-hydroxylation sites is 1. The molecule has 0 radical (unpaired) electrons. The minimum Gasteiger partial charge on any atom is -0.504 e. The van der Waals surface area contributed by atoms with Gasteiger partial charge in [-0.15, -0.1) is 0 Å². The minimum atomic E-state index is 0.198. The number of ether oxygens (including phenoxy) is 1. The van der Waals surface area contributed by atoms with Gasteiger partial charge in [0.2, 0.25) is 0 Å². The highest BCUT2D eigenvalue weighted by Gasteiger charge is 2.09. The molecule has 0 saturated heterocycles. The van der Waals surface area contributed by atoms with Crippen LogP contribution in [0.1, 0.15) is 23.6 Å². The molecule has 0 aliphatic carbocycles. The number of nitrogens with one attached hydrogen (secondary N) is 1. The quantitative estimate of drug-likeness (QED) is 0.591. The molecular weight excluding hydrogens is 326 g/mol. The molecule has 5 heteroatoms. The highest BCUT2D eigenvalue weighted by atomic mass is 16.5. The predicted molar refractivity (Wildman–Crippen MR) is 107 cm³/mol. The van der Waals surface area contributed by atoms with Crippen LogP contribution in [0, 0.1) is 6.92 Å². The van der Waals surface area contributed by atoms with E-state index in [1.54, 1.807) is 13.2 Å². The molecule has 0 bridgehead atoms. The molecule has 26 heavy (non-hydrogen) atoms. The zero-order chi connectivity index (χ0) is 18.9. The molecule has 0 fully saturated rings. The minimum absolute atomic E-state index is 0.198. The Hall–Kier alpha value is -2.69. The molecule has 0 amide bonds. The fraction of sp³-hybridized carbons (Fsp3) is 0.381. The third-order valence-electron chi connectivity index (χ3n) is 4.31. The molecular formula is C21H29N3O2. The van der Waals surface area contributed by atoms with E-state index < -0.39 is 0 Å². The van der Waals surface area contributed by atoms with Crippen LogP contribution in [-0.2, 0) is 13.0 Å². The Kier molecular flexibility index (Phi) is 7.33. The lowest BCUT2D eigenvalue weighted by Crippen LogP contribution is -2.38. The smallest absolute Gasteiger partial charge is 0.193 e. The molecule has 2 aromatic carbocycles. The summed E-state index contributed by atoms with van der Waals surface area (Å²) in [5.74, 6) is 1.55. The number of rotatable bonds is 7. The largest absolute Gasteiger partial charge is 0.504 e. The van der Waals surface area contributed by atoms with Gasteiger partial charge in [0, 0.05) is 26.7 Å². The lowest BCUT2D eigenvalue weighted by Gasteiger charge is -2.23. The summed E-state index contributed by atoms with van der Waals surface area (Å²) in [7, 11) is 3.59. The summed E-state index contributed by atoms with van der Waals surface area (Å²) >= 11 is 0. The van der Waals surface area contributed by atoms with E-state index in [4.69, 9.17) is 9.73 Å². The van der Waals surface area contributed by atoms with Gasteiger partial charge >= 0.3 is 0 Å². The van der Waals surface area contributed by atoms with Crippen molar-refractivity contribution in [2.75, 3.05) is 27.2 Å². The van der Waals surface area contributed by atoms with Crippen LogP contribution < -0.4 is 10.1 Å². The monoisotopic (exact) mass is 355 g/mol. The Morgan fingerprint density at radius 3 is 2.58 bits per heavy atom. The number of benzene rings is 2. The van der Waals surface area contributed by atoms with Crippen molar-refractivity contribution in [2.45, 2.75) is 26.8 Å². The van der Waals surface area contributed by atoms with Gasteiger partial charge in [-0.1, -0.05) is 36.4 Å². The molecule has 0 spiro atoms. The number of phenolic OH excluding ortho intramolecular Hbond substituents is 1. The van der Waals surface area contributed by atoms with Crippen LogP contribution in [0.15, 0.2) is 47.5 Å². The fourth-order valence-corrected chi connectivity index (χ4v) is 2.80. The van der Waals surface area contributed by atoms with E-state index in [0.29, 0.717) is 18.7 Å². The van der Waals surface area contributed by atoms with Crippen molar-refractivity contribution >= 4 is 5.96 Å². The van der Waals surface area contributed by atoms with Gasteiger partial charge in [0.05, 0.1) is 7.11 Å². The third-order valence-corrected chi connectivity index (χ3v) is 4.31. The number of aromatic hydroxyl groups is 1. The maximum Gasteiger partial charge on any atom is 0.193 e. The first-order chi connectivity index (χ1) is 12.6. The highest BCUT2D eigenvalue weighted by molar-refractivity contribution is 5.79. The van der Waals surface area contributed by atoms with Gasteiger partial charge in [-0.3, -0.25) is 4.99 Å². The van der Waals surface area contributed by atoms with Gasteiger partial charge in [0.25, 0.3) is 0 Å². The number of hydrogen-bond acceptors (Lipinski definition) is 3. The molecule has 0 saturated carbocycles. The zero-order valence-corrected chi connectivity index (χ0v) is 16.1. The van der Waals surface area contributed by atoms with Gasteiger partial charge in [0.15, 0.2) is 17.5 Å². The standard InChI is InChI=1S/C21H29N3O2/c1-5-22-21(24(3)15-18-10-7-6-9-16(18)2)23-14-13-17-11-8-12-19(26-4)20(17)25/h6-12,25H,5,13-15H2,1-4H3,(H,22,23). The van der Waals surface area contributed by atoms with Crippen molar-refractivity contribution in [1.29, 1.82) is 0 Å². The average molecular weight is 355 g/mol.